The second kappa shape index (κ2) is 11.5. The van der Waals surface area contributed by atoms with Gasteiger partial charge in [-0.25, -0.2) is 9.97 Å². The molecule has 0 atom stereocenters. The topological polar surface area (TPSA) is 87.9 Å². The lowest BCUT2D eigenvalue weighted by Crippen LogP contribution is -2.12. The van der Waals surface area contributed by atoms with Crippen LogP contribution in [0.3, 0.4) is 0 Å². The Bertz CT molecular complexity index is 1640. The maximum absolute atomic E-state index is 12.7. The molecule has 1 amide bonds. The Morgan fingerprint density at radius 2 is 1.82 bits per heavy atom. The molecule has 0 unspecified atom stereocenters. The first-order valence-corrected chi connectivity index (χ1v) is 13.8. The monoisotopic (exact) mass is 536 g/mol. The third-order valence-corrected chi connectivity index (χ3v) is 7.85. The van der Waals surface area contributed by atoms with Gasteiger partial charge in [-0.3, -0.25) is 4.79 Å². The molecule has 5 aromatic rings. The van der Waals surface area contributed by atoms with Crippen molar-refractivity contribution in [2.75, 3.05) is 18.2 Å². The molecule has 0 aliphatic rings. The number of anilines is 1. The van der Waals surface area contributed by atoms with Gasteiger partial charge in [-0.05, 0) is 36.8 Å². The van der Waals surface area contributed by atoms with E-state index in [1.54, 1.807) is 7.11 Å². The standard InChI is InChI=1S/C30H24N4O2S2/c1-19-8-10-20(11-9-19)23-17-26(21-6-4-3-5-7-21)32-29(24(23)18-31)37-15-14-28(35)34-30-33-25-13-12-22(36-2)16-27(25)38-30/h3-13,16-17H,14-15H2,1-2H3,(H,33,34,35). The number of thioether (sulfide) groups is 1. The summed E-state index contributed by atoms with van der Waals surface area (Å²) in [7, 11) is 1.62. The third-order valence-electron chi connectivity index (χ3n) is 5.94. The number of ether oxygens (including phenoxy) is 1. The highest BCUT2D eigenvalue weighted by Crippen LogP contribution is 2.35. The molecule has 0 fully saturated rings. The molecule has 188 valence electrons. The van der Waals surface area contributed by atoms with Crippen molar-refractivity contribution in [2.45, 2.75) is 18.4 Å². The molecule has 0 saturated heterocycles. The van der Waals surface area contributed by atoms with Gasteiger partial charge in [-0.1, -0.05) is 71.5 Å². The fraction of sp³-hybridized carbons (Fsp3) is 0.133. The summed E-state index contributed by atoms with van der Waals surface area (Å²) in [5.74, 6) is 1.08. The van der Waals surface area contributed by atoms with Gasteiger partial charge >= 0.3 is 0 Å². The Morgan fingerprint density at radius 1 is 1.03 bits per heavy atom. The van der Waals surface area contributed by atoms with E-state index in [1.807, 2.05) is 85.8 Å². The van der Waals surface area contributed by atoms with Crippen LogP contribution in [-0.2, 0) is 4.79 Å². The third kappa shape index (κ3) is 5.70. The minimum Gasteiger partial charge on any atom is -0.497 e. The van der Waals surface area contributed by atoms with Crippen LogP contribution in [-0.4, -0.2) is 28.7 Å². The van der Waals surface area contributed by atoms with E-state index in [0.717, 1.165) is 43.9 Å². The summed E-state index contributed by atoms with van der Waals surface area (Å²) in [6.45, 7) is 2.04. The van der Waals surface area contributed by atoms with Gasteiger partial charge in [-0.2, -0.15) is 5.26 Å². The Balaban J connectivity index is 1.36. The molecule has 0 bridgehead atoms. The lowest BCUT2D eigenvalue weighted by atomic mass is 9.98. The molecule has 8 heteroatoms. The van der Waals surface area contributed by atoms with E-state index in [9.17, 15) is 10.1 Å². The summed E-state index contributed by atoms with van der Waals surface area (Å²) in [6.07, 6.45) is 0.256. The average molecular weight is 537 g/mol. The van der Waals surface area contributed by atoms with Gasteiger partial charge in [-0.15, -0.1) is 11.8 Å². The predicted octanol–water partition coefficient (Wildman–Crippen LogP) is 7.33. The zero-order chi connectivity index (χ0) is 26.5. The molecule has 6 nitrogen and oxygen atoms in total. The Morgan fingerprint density at radius 3 is 2.55 bits per heavy atom. The van der Waals surface area contributed by atoms with Crippen LogP contribution >= 0.6 is 23.1 Å². The molecular formula is C30H24N4O2S2. The molecule has 0 saturated carbocycles. The molecule has 3 aromatic carbocycles. The van der Waals surface area contributed by atoms with Gasteiger partial charge in [0.25, 0.3) is 0 Å². The summed E-state index contributed by atoms with van der Waals surface area (Å²) < 4.78 is 6.21. The minimum absolute atomic E-state index is 0.139. The molecule has 1 N–H and O–H groups in total. The van der Waals surface area contributed by atoms with Gasteiger partial charge in [0.15, 0.2) is 5.13 Å². The van der Waals surface area contributed by atoms with Gasteiger partial charge < -0.3 is 10.1 Å². The van der Waals surface area contributed by atoms with E-state index in [1.165, 1.54) is 23.1 Å². The zero-order valence-electron chi connectivity index (χ0n) is 20.9. The van der Waals surface area contributed by atoms with E-state index >= 15 is 0 Å². The molecule has 2 aromatic heterocycles. The first-order chi connectivity index (χ1) is 18.5. The lowest BCUT2D eigenvalue weighted by molar-refractivity contribution is -0.115. The van der Waals surface area contributed by atoms with Crippen LogP contribution in [0.2, 0.25) is 0 Å². The number of rotatable bonds is 8. The Hall–Kier alpha value is -4.19. The van der Waals surface area contributed by atoms with Crippen molar-refractivity contribution >= 4 is 44.4 Å². The van der Waals surface area contributed by atoms with E-state index in [-0.39, 0.29) is 12.3 Å². The first kappa shape index (κ1) is 25.5. The number of aromatic nitrogens is 2. The van der Waals surface area contributed by atoms with Crippen LogP contribution in [0.1, 0.15) is 17.5 Å². The SMILES string of the molecule is COc1ccc2nc(NC(=O)CCSc3nc(-c4ccccc4)cc(-c4ccc(C)cc4)c3C#N)sc2c1. The number of hydrogen-bond donors (Lipinski definition) is 1. The van der Waals surface area contributed by atoms with E-state index in [0.29, 0.717) is 21.5 Å². The smallest absolute Gasteiger partial charge is 0.226 e. The van der Waals surface area contributed by atoms with Crippen LogP contribution in [0.15, 0.2) is 83.9 Å². The van der Waals surface area contributed by atoms with Crippen LogP contribution in [0.4, 0.5) is 5.13 Å². The van der Waals surface area contributed by atoms with Gasteiger partial charge in [0.05, 0.1) is 28.6 Å². The number of carbonyl (C=O) groups is 1. The highest BCUT2D eigenvalue weighted by Gasteiger charge is 2.17. The number of aryl methyl sites for hydroxylation is 1. The maximum Gasteiger partial charge on any atom is 0.226 e. The lowest BCUT2D eigenvalue weighted by Gasteiger charge is -2.13. The van der Waals surface area contributed by atoms with Crippen molar-refractivity contribution in [2.24, 2.45) is 0 Å². The quantitative estimate of drug-likeness (QED) is 0.209. The highest BCUT2D eigenvalue weighted by atomic mass is 32.2. The van der Waals surface area contributed by atoms with Crippen molar-refractivity contribution in [1.82, 2.24) is 9.97 Å². The molecular weight excluding hydrogens is 512 g/mol. The number of fused-ring (bicyclic) bond motifs is 1. The van der Waals surface area contributed by atoms with E-state index < -0.39 is 0 Å². The number of hydrogen-bond acceptors (Lipinski definition) is 7. The summed E-state index contributed by atoms with van der Waals surface area (Å²) in [5.41, 5.74) is 6.02. The number of benzene rings is 3. The second-order valence-corrected chi connectivity index (χ2v) is 10.7. The fourth-order valence-electron chi connectivity index (χ4n) is 3.96. The normalized spacial score (nSPS) is 10.8. The average Bonchev–Trinajstić information content (AvgIpc) is 3.34. The number of methoxy groups -OCH3 is 1. The second-order valence-electron chi connectivity index (χ2n) is 8.58. The van der Waals surface area contributed by atoms with Crippen molar-refractivity contribution in [3.63, 3.8) is 0 Å². The van der Waals surface area contributed by atoms with Crippen molar-refractivity contribution in [3.05, 3.63) is 90.0 Å². The van der Waals surface area contributed by atoms with Crippen molar-refractivity contribution in [1.29, 1.82) is 5.26 Å². The number of nitriles is 1. The minimum atomic E-state index is -0.139. The van der Waals surface area contributed by atoms with Gasteiger partial charge in [0.2, 0.25) is 5.91 Å². The van der Waals surface area contributed by atoms with E-state index in [2.05, 4.69) is 16.4 Å². The summed E-state index contributed by atoms with van der Waals surface area (Å²) in [4.78, 5) is 22.0. The molecule has 0 spiro atoms. The Labute approximate surface area is 229 Å². The Kier molecular flexibility index (Phi) is 7.68. The van der Waals surface area contributed by atoms with Crippen molar-refractivity contribution in [3.8, 4) is 34.2 Å². The number of pyridine rings is 1. The van der Waals surface area contributed by atoms with Gasteiger partial charge in [0, 0.05) is 23.3 Å². The van der Waals surface area contributed by atoms with Crippen molar-refractivity contribution < 1.29 is 9.53 Å². The first-order valence-electron chi connectivity index (χ1n) is 12.0. The molecule has 5 rings (SSSR count). The fourth-order valence-corrected chi connectivity index (χ4v) is 5.81. The maximum atomic E-state index is 12.7. The van der Waals surface area contributed by atoms with Crippen LogP contribution in [0.25, 0.3) is 32.6 Å². The molecule has 0 aliphatic carbocycles. The number of carbonyl (C=O) groups excluding carboxylic acids is 1. The molecule has 2 heterocycles. The van der Waals surface area contributed by atoms with Gasteiger partial charge in [0.1, 0.15) is 16.8 Å². The number of amides is 1. The number of thiazole rings is 1. The highest BCUT2D eigenvalue weighted by molar-refractivity contribution is 7.99. The number of nitrogens with zero attached hydrogens (tertiary/aromatic N) is 3. The largest absolute Gasteiger partial charge is 0.497 e. The zero-order valence-corrected chi connectivity index (χ0v) is 22.5. The molecule has 0 radical (unpaired) electrons. The summed E-state index contributed by atoms with van der Waals surface area (Å²) in [6, 6.07) is 28.0. The van der Waals surface area contributed by atoms with E-state index in [4.69, 9.17) is 9.72 Å². The van der Waals surface area contributed by atoms with Crippen LogP contribution in [0.5, 0.6) is 5.75 Å². The summed E-state index contributed by atoms with van der Waals surface area (Å²) >= 11 is 2.82. The van der Waals surface area contributed by atoms with Crippen LogP contribution < -0.4 is 10.1 Å². The predicted molar refractivity (Wildman–Crippen MR) is 155 cm³/mol. The summed E-state index contributed by atoms with van der Waals surface area (Å²) in [5, 5.41) is 14.1. The molecule has 0 aliphatic heterocycles. The number of nitrogens with one attached hydrogen (secondary N) is 1. The van der Waals surface area contributed by atoms with Crippen LogP contribution in [0, 0.1) is 18.3 Å². The molecule has 38 heavy (non-hydrogen) atoms.